The minimum absolute atomic E-state index is 0.000622. The fourth-order valence-electron chi connectivity index (χ4n) is 2.66. The Morgan fingerprint density at radius 2 is 2.05 bits per heavy atom. The highest BCUT2D eigenvalue weighted by Gasteiger charge is 2.34. The van der Waals surface area contributed by atoms with Gasteiger partial charge in [-0.05, 0) is 24.3 Å². The van der Waals surface area contributed by atoms with E-state index in [9.17, 15) is 13.2 Å². The van der Waals surface area contributed by atoms with Crippen LogP contribution in [-0.4, -0.2) is 62.4 Å². The van der Waals surface area contributed by atoms with E-state index in [2.05, 4.69) is 0 Å². The lowest BCUT2D eigenvalue weighted by molar-refractivity contribution is -0.142. The molecule has 6 nitrogen and oxygen atoms in total. The molecule has 0 radical (unpaired) electrons. The molecule has 1 amide bonds. The average Bonchev–Trinajstić information content (AvgIpc) is 3.19. The lowest BCUT2D eigenvalue weighted by atomic mass is 10.2. The Morgan fingerprint density at radius 3 is 2.62 bits per heavy atom. The quantitative estimate of drug-likeness (QED) is 0.821. The molecule has 0 N–H and O–H groups in total. The van der Waals surface area contributed by atoms with Gasteiger partial charge in [0.15, 0.2) is 0 Å². The molecule has 0 bridgehead atoms. The van der Waals surface area contributed by atoms with Crippen LogP contribution in [0.15, 0.2) is 21.7 Å². The van der Waals surface area contributed by atoms with Crippen LogP contribution in [0.1, 0.15) is 12.8 Å². The number of hydrogen-bond donors (Lipinski definition) is 0. The first kappa shape index (κ1) is 15.0. The summed E-state index contributed by atoms with van der Waals surface area (Å²) < 4.78 is 32.0. The molecule has 1 aromatic rings. The predicted molar refractivity (Wildman–Crippen MR) is 78.6 cm³/mol. The Bertz CT molecular complexity index is 586. The monoisotopic (exact) mass is 330 g/mol. The molecule has 0 aliphatic carbocycles. The second-order valence-corrected chi connectivity index (χ2v) is 8.28. The van der Waals surface area contributed by atoms with Crippen LogP contribution >= 0.6 is 11.3 Å². The molecule has 0 spiro atoms. The molecule has 2 fully saturated rings. The number of carbonyl (C=O) groups is 1. The third-order valence-electron chi connectivity index (χ3n) is 3.84. The maximum Gasteiger partial charge on any atom is 0.252 e. The Balaban J connectivity index is 1.61. The van der Waals surface area contributed by atoms with E-state index in [1.807, 2.05) is 0 Å². The highest BCUT2D eigenvalue weighted by atomic mass is 32.2. The Hall–Kier alpha value is -0.960. The van der Waals surface area contributed by atoms with Crippen molar-refractivity contribution in [3.8, 4) is 0 Å². The number of sulfonamides is 1. The van der Waals surface area contributed by atoms with Crippen LogP contribution < -0.4 is 0 Å². The summed E-state index contributed by atoms with van der Waals surface area (Å²) in [5.74, 6) is 0.000622. The summed E-state index contributed by atoms with van der Waals surface area (Å²) in [7, 11) is -3.40. The molecule has 0 saturated carbocycles. The lowest BCUT2D eigenvalue weighted by Gasteiger charge is -2.34. The van der Waals surface area contributed by atoms with Crippen LogP contribution in [0.25, 0.3) is 0 Å². The molecule has 0 unspecified atom stereocenters. The van der Waals surface area contributed by atoms with Gasteiger partial charge in [-0.3, -0.25) is 4.79 Å². The summed E-state index contributed by atoms with van der Waals surface area (Å²) in [6.45, 7) is 2.20. The van der Waals surface area contributed by atoms with Crippen molar-refractivity contribution in [2.24, 2.45) is 0 Å². The molecule has 3 heterocycles. The molecule has 2 saturated heterocycles. The number of amides is 1. The molecular formula is C13H18N2O4S2. The van der Waals surface area contributed by atoms with E-state index < -0.39 is 10.0 Å². The van der Waals surface area contributed by atoms with Gasteiger partial charge in [-0.15, -0.1) is 11.3 Å². The molecule has 2 aliphatic heterocycles. The number of thiophene rings is 1. The average molecular weight is 330 g/mol. The van der Waals surface area contributed by atoms with Crippen molar-refractivity contribution in [2.45, 2.75) is 23.2 Å². The standard InChI is InChI=1S/C13H18N2O4S2/c16-13(11-3-1-9-19-11)14-5-7-15(8-6-14)21(17,18)12-4-2-10-20-12/h2,4,10-11H,1,3,5-9H2/t11-/m0/s1. The van der Waals surface area contributed by atoms with Gasteiger partial charge in [0.2, 0.25) is 0 Å². The Labute approximate surface area is 128 Å². The van der Waals surface area contributed by atoms with Gasteiger partial charge in [-0.25, -0.2) is 8.42 Å². The summed E-state index contributed by atoms with van der Waals surface area (Å²) in [6, 6.07) is 3.35. The fraction of sp³-hybridized carbons (Fsp3) is 0.615. The first-order valence-corrected chi connectivity index (χ1v) is 9.35. The zero-order valence-electron chi connectivity index (χ0n) is 11.6. The Morgan fingerprint density at radius 1 is 1.29 bits per heavy atom. The van der Waals surface area contributed by atoms with Crippen LogP contribution in [-0.2, 0) is 19.6 Å². The minimum Gasteiger partial charge on any atom is -0.368 e. The Kier molecular flexibility index (Phi) is 4.30. The summed E-state index contributed by atoms with van der Waals surface area (Å²) in [6.07, 6.45) is 1.36. The van der Waals surface area contributed by atoms with Crippen molar-refractivity contribution in [3.05, 3.63) is 17.5 Å². The number of ether oxygens (including phenoxy) is 1. The minimum atomic E-state index is -3.40. The van der Waals surface area contributed by atoms with E-state index in [1.165, 1.54) is 15.6 Å². The maximum atomic E-state index is 12.4. The number of nitrogens with zero attached hydrogens (tertiary/aromatic N) is 2. The smallest absolute Gasteiger partial charge is 0.252 e. The van der Waals surface area contributed by atoms with Crippen LogP contribution in [0.3, 0.4) is 0 Å². The van der Waals surface area contributed by atoms with Gasteiger partial charge in [-0.2, -0.15) is 4.31 Å². The molecule has 1 aromatic heterocycles. The van der Waals surface area contributed by atoms with Gasteiger partial charge in [0, 0.05) is 32.8 Å². The van der Waals surface area contributed by atoms with Crippen molar-refractivity contribution in [3.63, 3.8) is 0 Å². The normalized spacial score (nSPS) is 24.4. The van der Waals surface area contributed by atoms with Crippen molar-refractivity contribution < 1.29 is 17.9 Å². The van der Waals surface area contributed by atoms with Crippen LogP contribution in [0, 0.1) is 0 Å². The van der Waals surface area contributed by atoms with Gasteiger partial charge < -0.3 is 9.64 Å². The van der Waals surface area contributed by atoms with E-state index in [0.29, 0.717) is 37.0 Å². The third kappa shape index (κ3) is 2.98. The third-order valence-corrected chi connectivity index (χ3v) is 7.12. The SMILES string of the molecule is O=C([C@@H]1CCCO1)N1CCN(S(=O)(=O)c2cccs2)CC1. The first-order valence-electron chi connectivity index (χ1n) is 7.03. The van der Waals surface area contributed by atoms with Crippen molar-refractivity contribution in [1.29, 1.82) is 0 Å². The van der Waals surface area contributed by atoms with Crippen LogP contribution in [0.4, 0.5) is 0 Å². The van der Waals surface area contributed by atoms with E-state index in [0.717, 1.165) is 12.8 Å². The van der Waals surface area contributed by atoms with E-state index >= 15 is 0 Å². The van der Waals surface area contributed by atoms with Crippen LogP contribution in [0.2, 0.25) is 0 Å². The van der Waals surface area contributed by atoms with Crippen molar-refractivity contribution in [2.75, 3.05) is 32.8 Å². The molecule has 8 heteroatoms. The zero-order chi connectivity index (χ0) is 14.9. The highest BCUT2D eigenvalue weighted by Crippen LogP contribution is 2.23. The highest BCUT2D eigenvalue weighted by molar-refractivity contribution is 7.91. The number of rotatable bonds is 3. The van der Waals surface area contributed by atoms with Gasteiger partial charge in [0.1, 0.15) is 10.3 Å². The molecular weight excluding hydrogens is 312 g/mol. The molecule has 21 heavy (non-hydrogen) atoms. The number of carbonyl (C=O) groups excluding carboxylic acids is 1. The maximum absolute atomic E-state index is 12.4. The largest absolute Gasteiger partial charge is 0.368 e. The lowest BCUT2D eigenvalue weighted by Crippen LogP contribution is -2.52. The molecule has 1 atom stereocenters. The van der Waals surface area contributed by atoms with E-state index in [-0.39, 0.29) is 12.0 Å². The van der Waals surface area contributed by atoms with E-state index in [4.69, 9.17) is 4.74 Å². The van der Waals surface area contributed by atoms with E-state index in [1.54, 1.807) is 22.4 Å². The second-order valence-electron chi connectivity index (χ2n) is 5.16. The molecule has 3 rings (SSSR count). The molecule has 2 aliphatic rings. The van der Waals surface area contributed by atoms with Gasteiger partial charge >= 0.3 is 0 Å². The molecule has 116 valence electrons. The summed E-state index contributed by atoms with van der Waals surface area (Å²) in [5.41, 5.74) is 0. The van der Waals surface area contributed by atoms with Crippen LogP contribution in [0.5, 0.6) is 0 Å². The summed E-state index contributed by atoms with van der Waals surface area (Å²) in [5, 5.41) is 1.75. The number of piperazine rings is 1. The molecule has 0 aromatic carbocycles. The summed E-state index contributed by atoms with van der Waals surface area (Å²) >= 11 is 1.22. The topological polar surface area (TPSA) is 66.9 Å². The number of hydrogen-bond acceptors (Lipinski definition) is 5. The summed E-state index contributed by atoms with van der Waals surface area (Å²) in [4.78, 5) is 13.9. The van der Waals surface area contributed by atoms with Crippen molar-refractivity contribution in [1.82, 2.24) is 9.21 Å². The van der Waals surface area contributed by atoms with Gasteiger partial charge in [0.25, 0.3) is 15.9 Å². The van der Waals surface area contributed by atoms with Crippen molar-refractivity contribution >= 4 is 27.3 Å². The second kappa shape index (κ2) is 6.04. The van der Waals surface area contributed by atoms with Gasteiger partial charge in [-0.1, -0.05) is 6.07 Å². The fourth-order valence-corrected chi connectivity index (χ4v) is 5.23. The predicted octanol–water partition coefficient (Wildman–Crippen LogP) is 0.760. The van der Waals surface area contributed by atoms with Gasteiger partial charge in [0.05, 0.1) is 0 Å². The first-order chi connectivity index (χ1) is 10.1. The zero-order valence-corrected chi connectivity index (χ0v) is 13.2.